The summed E-state index contributed by atoms with van der Waals surface area (Å²) in [7, 11) is 1.83. The van der Waals surface area contributed by atoms with E-state index in [-0.39, 0.29) is 5.91 Å². The maximum absolute atomic E-state index is 13.0. The van der Waals surface area contributed by atoms with Gasteiger partial charge in [0.2, 0.25) is 0 Å². The van der Waals surface area contributed by atoms with Crippen molar-refractivity contribution in [1.82, 2.24) is 20.1 Å². The Morgan fingerprint density at radius 3 is 2.48 bits per heavy atom. The van der Waals surface area contributed by atoms with E-state index >= 15 is 0 Å². The van der Waals surface area contributed by atoms with Gasteiger partial charge in [0.25, 0.3) is 5.91 Å². The molecule has 2 heterocycles. The molecule has 0 aliphatic carbocycles. The molecule has 0 saturated heterocycles. The number of aryl methyl sites for hydroxylation is 3. The van der Waals surface area contributed by atoms with Crippen LogP contribution in [-0.2, 0) is 12.6 Å². The molecule has 1 aromatic carbocycles. The number of halogens is 1. The first-order valence-electron chi connectivity index (χ1n) is 8.08. The predicted octanol–water partition coefficient (Wildman–Crippen LogP) is 3.90. The predicted molar refractivity (Wildman–Crippen MR) is 99.9 cm³/mol. The van der Waals surface area contributed by atoms with E-state index in [1.807, 2.05) is 65.1 Å². The van der Waals surface area contributed by atoms with Crippen LogP contribution in [0.5, 0.6) is 0 Å². The molecule has 0 atom stereocenters. The number of benzene rings is 1. The number of hydrogen-bond acceptors (Lipinski definition) is 3. The largest absolute Gasteiger partial charge is 0.343 e. The van der Waals surface area contributed by atoms with Crippen molar-refractivity contribution in [3.63, 3.8) is 0 Å². The molecule has 0 unspecified atom stereocenters. The minimum Gasteiger partial charge on any atom is -0.343 e. The Labute approximate surface area is 152 Å². The number of rotatable bonds is 3. The molecule has 0 saturated carbocycles. The topological polar surface area (TPSA) is 59.8 Å². The Morgan fingerprint density at radius 1 is 1.20 bits per heavy atom. The molecule has 0 fully saturated rings. The molecule has 1 N–H and O–H groups in total. The summed E-state index contributed by atoms with van der Waals surface area (Å²) in [5.74, 6) is -0.147. The lowest BCUT2D eigenvalue weighted by atomic mass is 9.93. The smallest absolute Gasteiger partial charge is 0.252 e. The fraction of sp³-hybridized carbons (Fsp3) is 0.316. The van der Waals surface area contributed by atoms with Gasteiger partial charge < -0.3 is 5.32 Å². The molecule has 130 valence electrons. The van der Waals surface area contributed by atoms with Gasteiger partial charge in [-0.3, -0.25) is 9.48 Å². The first kappa shape index (κ1) is 17.4. The number of fused-ring (bicyclic) bond motifs is 1. The Bertz CT molecular complexity index is 958. The standard InChI is InChI=1S/C19H21ClN4O/c1-11-10-15(16-12(2)23-24(5)17(16)21-11)18(25)22-19(3,4)13-6-8-14(20)9-7-13/h6-10H,1-5H3,(H,22,25). The molecule has 6 heteroatoms. The van der Waals surface area contributed by atoms with Gasteiger partial charge in [0.05, 0.1) is 22.2 Å². The van der Waals surface area contributed by atoms with Crippen molar-refractivity contribution in [1.29, 1.82) is 0 Å². The molecule has 0 bridgehead atoms. The zero-order valence-electron chi connectivity index (χ0n) is 15.0. The van der Waals surface area contributed by atoms with Crippen molar-refractivity contribution in [3.05, 3.63) is 57.9 Å². The molecule has 0 aliphatic rings. The van der Waals surface area contributed by atoms with E-state index in [4.69, 9.17) is 11.6 Å². The van der Waals surface area contributed by atoms with Gasteiger partial charge in [0.15, 0.2) is 5.65 Å². The molecule has 1 amide bonds. The maximum Gasteiger partial charge on any atom is 0.252 e. The maximum atomic E-state index is 13.0. The van der Waals surface area contributed by atoms with Crippen LogP contribution in [0.2, 0.25) is 5.02 Å². The van der Waals surface area contributed by atoms with Crippen LogP contribution in [0.25, 0.3) is 11.0 Å². The highest BCUT2D eigenvalue weighted by molar-refractivity contribution is 6.30. The minimum atomic E-state index is -0.540. The summed E-state index contributed by atoms with van der Waals surface area (Å²) in [6.07, 6.45) is 0. The van der Waals surface area contributed by atoms with E-state index < -0.39 is 5.54 Å². The fourth-order valence-electron chi connectivity index (χ4n) is 3.04. The van der Waals surface area contributed by atoms with Crippen molar-refractivity contribution in [2.75, 3.05) is 0 Å². The number of nitrogens with one attached hydrogen (secondary N) is 1. The molecule has 25 heavy (non-hydrogen) atoms. The van der Waals surface area contributed by atoms with Gasteiger partial charge in [-0.2, -0.15) is 5.10 Å². The molecule has 2 aromatic heterocycles. The van der Waals surface area contributed by atoms with Crippen molar-refractivity contribution in [2.24, 2.45) is 7.05 Å². The highest BCUT2D eigenvalue weighted by Crippen LogP contribution is 2.25. The second-order valence-corrected chi connectivity index (χ2v) is 7.24. The van der Waals surface area contributed by atoms with Crippen molar-refractivity contribution in [2.45, 2.75) is 33.2 Å². The quantitative estimate of drug-likeness (QED) is 0.774. The van der Waals surface area contributed by atoms with Crippen LogP contribution in [0.3, 0.4) is 0 Å². The van der Waals surface area contributed by atoms with Gasteiger partial charge in [-0.25, -0.2) is 4.98 Å². The summed E-state index contributed by atoms with van der Waals surface area (Å²) in [5, 5.41) is 8.97. The average molecular weight is 357 g/mol. The fourth-order valence-corrected chi connectivity index (χ4v) is 3.16. The van der Waals surface area contributed by atoms with Crippen LogP contribution in [-0.4, -0.2) is 20.7 Å². The summed E-state index contributed by atoms with van der Waals surface area (Å²) in [4.78, 5) is 17.5. The monoisotopic (exact) mass is 356 g/mol. The summed E-state index contributed by atoms with van der Waals surface area (Å²) >= 11 is 5.96. The SMILES string of the molecule is Cc1cc(C(=O)NC(C)(C)c2ccc(Cl)cc2)c2c(C)nn(C)c2n1. The van der Waals surface area contributed by atoms with Crippen LogP contribution in [0.4, 0.5) is 0 Å². The number of pyridine rings is 1. The van der Waals surface area contributed by atoms with Gasteiger partial charge >= 0.3 is 0 Å². The van der Waals surface area contributed by atoms with E-state index in [0.717, 1.165) is 22.3 Å². The van der Waals surface area contributed by atoms with E-state index in [1.54, 1.807) is 4.68 Å². The molecule has 0 radical (unpaired) electrons. The third-order valence-corrected chi connectivity index (χ3v) is 4.59. The molecule has 0 spiro atoms. The van der Waals surface area contributed by atoms with Gasteiger partial charge in [-0.1, -0.05) is 23.7 Å². The van der Waals surface area contributed by atoms with Gasteiger partial charge in [0, 0.05) is 17.8 Å². The molecule has 5 nitrogen and oxygen atoms in total. The zero-order valence-corrected chi connectivity index (χ0v) is 15.8. The number of hydrogen-bond donors (Lipinski definition) is 1. The Morgan fingerprint density at radius 2 is 1.84 bits per heavy atom. The zero-order chi connectivity index (χ0) is 18.4. The van der Waals surface area contributed by atoms with Crippen molar-refractivity contribution in [3.8, 4) is 0 Å². The number of aromatic nitrogens is 3. The van der Waals surface area contributed by atoms with Crippen LogP contribution in [0.15, 0.2) is 30.3 Å². The summed E-state index contributed by atoms with van der Waals surface area (Å²) < 4.78 is 1.71. The van der Waals surface area contributed by atoms with Crippen LogP contribution in [0.1, 0.15) is 41.2 Å². The summed E-state index contributed by atoms with van der Waals surface area (Å²) in [5.41, 5.74) is 3.32. The molecular formula is C19H21ClN4O. The van der Waals surface area contributed by atoms with Crippen molar-refractivity contribution < 1.29 is 4.79 Å². The molecular weight excluding hydrogens is 336 g/mol. The lowest BCUT2D eigenvalue weighted by Gasteiger charge is -2.27. The second kappa shape index (κ2) is 6.15. The van der Waals surface area contributed by atoms with Gasteiger partial charge in [-0.15, -0.1) is 0 Å². The lowest BCUT2D eigenvalue weighted by molar-refractivity contribution is 0.0913. The summed E-state index contributed by atoms with van der Waals surface area (Å²) in [6, 6.07) is 9.30. The normalized spacial score (nSPS) is 11.8. The highest BCUT2D eigenvalue weighted by atomic mass is 35.5. The third kappa shape index (κ3) is 3.24. The van der Waals surface area contributed by atoms with Gasteiger partial charge in [0.1, 0.15) is 0 Å². The van der Waals surface area contributed by atoms with E-state index in [9.17, 15) is 4.79 Å². The van der Waals surface area contributed by atoms with Crippen LogP contribution < -0.4 is 5.32 Å². The molecule has 3 aromatic rings. The Balaban J connectivity index is 2.01. The van der Waals surface area contributed by atoms with Crippen LogP contribution >= 0.6 is 11.6 Å². The third-order valence-electron chi connectivity index (χ3n) is 4.33. The Kier molecular flexibility index (Phi) is 4.29. The number of carbonyl (C=O) groups excluding carboxylic acids is 1. The first-order valence-corrected chi connectivity index (χ1v) is 8.46. The van der Waals surface area contributed by atoms with E-state index in [2.05, 4.69) is 15.4 Å². The minimum absolute atomic E-state index is 0.147. The van der Waals surface area contributed by atoms with Gasteiger partial charge in [-0.05, 0) is 51.5 Å². The second-order valence-electron chi connectivity index (χ2n) is 6.80. The highest BCUT2D eigenvalue weighted by Gasteiger charge is 2.26. The molecule has 3 rings (SSSR count). The molecule has 0 aliphatic heterocycles. The number of carbonyl (C=O) groups is 1. The van der Waals surface area contributed by atoms with E-state index in [0.29, 0.717) is 16.2 Å². The Hall–Kier alpha value is -2.40. The average Bonchev–Trinajstić information content (AvgIpc) is 2.81. The van der Waals surface area contributed by atoms with Crippen LogP contribution in [0, 0.1) is 13.8 Å². The first-order chi connectivity index (χ1) is 11.7. The number of amides is 1. The number of nitrogens with zero attached hydrogens (tertiary/aromatic N) is 3. The van der Waals surface area contributed by atoms with E-state index in [1.165, 1.54) is 0 Å². The van der Waals surface area contributed by atoms with Crippen molar-refractivity contribution >= 4 is 28.5 Å². The lowest BCUT2D eigenvalue weighted by Crippen LogP contribution is -2.41. The summed E-state index contributed by atoms with van der Waals surface area (Å²) in [6.45, 7) is 7.70.